The van der Waals surface area contributed by atoms with E-state index in [2.05, 4.69) is 52.3 Å². The smallest absolute Gasteiger partial charge is 0.303 e. The van der Waals surface area contributed by atoms with E-state index in [0.717, 1.165) is 32.7 Å². The number of hydrogen-bond donors (Lipinski definition) is 0. The summed E-state index contributed by atoms with van der Waals surface area (Å²) < 4.78 is 11.2. The quantitative estimate of drug-likeness (QED) is 0.314. The second kappa shape index (κ2) is 6.97. The first kappa shape index (κ1) is 18.0. The van der Waals surface area contributed by atoms with Crippen molar-refractivity contribution in [1.29, 1.82) is 0 Å². The molecule has 0 fully saturated rings. The van der Waals surface area contributed by atoms with Gasteiger partial charge in [0.25, 0.3) is 0 Å². The molecule has 3 atom stereocenters. The summed E-state index contributed by atoms with van der Waals surface area (Å²) in [4.78, 5) is 23.4. The topological polar surface area (TPSA) is 52.6 Å². The molecule has 5 heteroatoms. The number of carbonyl (C=O) groups is 2. The van der Waals surface area contributed by atoms with Crippen molar-refractivity contribution in [2.45, 2.75) is 37.3 Å². The van der Waals surface area contributed by atoms with Crippen molar-refractivity contribution >= 4 is 49.4 Å². The summed E-state index contributed by atoms with van der Waals surface area (Å²) in [6, 6.07) is 16.6. The van der Waals surface area contributed by atoms with E-state index in [1.165, 1.54) is 13.8 Å². The fourth-order valence-corrected chi connectivity index (χ4v) is 4.69. The molecule has 3 aromatic rings. The van der Waals surface area contributed by atoms with Gasteiger partial charge in [-0.3, -0.25) is 9.59 Å². The summed E-state index contributed by atoms with van der Waals surface area (Å²) in [6.07, 6.45) is -0.607. The molecule has 0 aromatic heterocycles. The van der Waals surface area contributed by atoms with Gasteiger partial charge in [-0.25, -0.2) is 0 Å². The summed E-state index contributed by atoms with van der Waals surface area (Å²) in [5.41, 5.74) is 1.97. The van der Waals surface area contributed by atoms with Crippen LogP contribution in [0.2, 0.25) is 0 Å². The molecule has 0 saturated heterocycles. The van der Waals surface area contributed by atoms with Crippen molar-refractivity contribution in [3.63, 3.8) is 0 Å². The largest absolute Gasteiger partial charge is 0.458 e. The number of rotatable bonds is 2. The van der Waals surface area contributed by atoms with Crippen LogP contribution in [0.4, 0.5) is 0 Å². The fraction of sp³-hybridized carbons (Fsp3) is 0.273. The lowest BCUT2D eigenvalue weighted by molar-refractivity contribution is -0.167. The van der Waals surface area contributed by atoms with Gasteiger partial charge < -0.3 is 9.47 Å². The molecule has 1 aliphatic carbocycles. The number of benzene rings is 3. The molecule has 138 valence electrons. The molecule has 3 aromatic carbocycles. The molecular weight excluding hydrogens is 408 g/mol. The third-order valence-corrected chi connectivity index (χ3v) is 5.84. The Morgan fingerprint density at radius 3 is 2.26 bits per heavy atom. The molecule has 0 N–H and O–H groups in total. The molecule has 0 spiro atoms. The first-order valence-corrected chi connectivity index (χ1v) is 9.79. The average molecular weight is 427 g/mol. The molecule has 0 amide bonds. The highest BCUT2D eigenvalue weighted by Crippen LogP contribution is 2.47. The molecule has 0 bridgehead atoms. The van der Waals surface area contributed by atoms with Crippen LogP contribution in [0.1, 0.15) is 42.3 Å². The van der Waals surface area contributed by atoms with Gasteiger partial charge in [0.05, 0.1) is 0 Å². The standard InChI is InChI=1S/C22H19BrO4/c1-12(24)26-20-11-19(23)17-8-7-16-9-14-5-3-4-6-15(14)10-18(16)21(17)22(20)27-13(2)25/h3-10,19-20,22H,11H2,1-2H3/t19-,20-,22+/m0/s1. The number of fused-ring (bicyclic) bond motifs is 4. The van der Waals surface area contributed by atoms with E-state index in [9.17, 15) is 9.59 Å². The van der Waals surface area contributed by atoms with Crippen LogP contribution in [-0.4, -0.2) is 18.0 Å². The number of halogens is 1. The highest BCUT2D eigenvalue weighted by Gasteiger charge is 2.39. The van der Waals surface area contributed by atoms with Gasteiger partial charge in [-0.2, -0.15) is 0 Å². The number of esters is 2. The van der Waals surface area contributed by atoms with Gasteiger partial charge in [0.2, 0.25) is 0 Å². The van der Waals surface area contributed by atoms with Crippen LogP contribution in [0.25, 0.3) is 21.5 Å². The van der Waals surface area contributed by atoms with E-state index < -0.39 is 18.2 Å². The van der Waals surface area contributed by atoms with E-state index in [0.29, 0.717) is 6.42 Å². The lowest BCUT2D eigenvalue weighted by atomic mass is 9.83. The minimum absolute atomic E-state index is 0.0135. The monoisotopic (exact) mass is 426 g/mol. The van der Waals surface area contributed by atoms with Gasteiger partial charge in [-0.15, -0.1) is 0 Å². The second-order valence-corrected chi connectivity index (χ2v) is 7.98. The predicted molar refractivity (Wildman–Crippen MR) is 108 cm³/mol. The molecule has 0 radical (unpaired) electrons. The molecule has 4 nitrogen and oxygen atoms in total. The number of carbonyl (C=O) groups excluding carboxylic acids is 2. The van der Waals surface area contributed by atoms with E-state index >= 15 is 0 Å². The van der Waals surface area contributed by atoms with Gasteiger partial charge in [-0.05, 0) is 39.2 Å². The summed E-state index contributed by atoms with van der Waals surface area (Å²) in [6.45, 7) is 2.76. The maximum absolute atomic E-state index is 11.8. The van der Waals surface area contributed by atoms with Gasteiger partial charge in [0, 0.05) is 30.7 Å². The zero-order valence-corrected chi connectivity index (χ0v) is 16.7. The van der Waals surface area contributed by atoms with Gasteiger partial charge in [0.1, 0.15) is 6.10 Å². The molecular formula is C22H19BrO4. The Hall–Kier alpha value is -2.40. The molecule has 1 aliphatic rings. The molecule has 0 heterocycles. The minimum Gasteiger partial charge on any atom is -0.458 e. The Balaban J connectivity index is 1.98. The Morgan fingerprint density at radius 1 is 0.926 bits per heavy atom. The van der Waals surface area contributed by atoms with E-state index in [1.807, 2.05) is 12.1 Å². The van der Waals surface area contributed by atoms with Gasteiger partial charge in [-0.1, -0.05) is 52.3 Å². The van der Waals surface area contributed by atoms with E-state index in [-0.39, 0.29) is 10.8 Å². The Morgan fingerprint density at radius 2 is 1.59 bits per heavy atom. The third-order valence-electron chi connectivity index (χ3n) is 4.97. The van der Waals surface area contributed by atoms with Crippen LogP contribution < -0.4 is 0 Å². The van der Waals surface area contributed by atoms with Crippen LogP contribution >= 0.6 is 15.9 Å². The fourth-order valence-electron chi connectivity index (χ4n) is 3.92. The van der Waals surface area contributed by atoms with Crippen LogP contribution in [0, 0.1) is 0 Å². The molecule has 0 unspecified atom stereocenters. The first-order chi connectivity index (χ1) is 12.9. The van der Waals surface area contributed by atoms with Crippen LogP contribution in [0.5, 0.6) is 0 Å². The SMILES string of the molecule is CC(=O)O[C@H]1C[C@H](Br)c2ccc3cc4ccccc4cc3c2[C@@H]1OC(C)=O. The average Bonchev–Trinajstić information content (AvgIpc) is 2.62. The second-order valence-electron chi connectivity index (χ2n) is 6.87. The Labute approximate surface area is 165 Å². The van der Waals surface area contributed by atoms with Crippen molar-refractivity contribution in [2.75, 3.05) is 0 Å². The van der Waals surface area contributed by atoms with E-state index in [4.69, 9.17) is 9.47 Å². The van der Waals surface area contributed by atoms with Crippen molar-refractivity contribution in [3.8, 4) is 0 Å². The van der Waals surface area contributed by atoms with Gasteiger partial charge in [0.15, 0.2) is 6.10 Å². The lowest BCUT2D eigenvalue weighted by Crippen LogP contribution is -2.33. The van der Waals surface area contributed by atoms with E-state index in [1.54, 1.807) is 0 Å². The van der Waals surface area contributed by atoms with Crippen molar-refractivity contribution < 1.29 is 19.1 Å². The normalized spacial score (nSPS) is 21.7. The zero-order chi connectivity index (χ0) is 19.1. The first-order valence-electron chi connectivity index (χ1n) is 8.88. The molecule has 0 aliphatic heterocycles. The molecule has 27 heavy (non-hydrogen) atoms. The summed E-state index contributed by atoms with van der Waals surface area (Å²) in [7, 11) is 0. The molecule has 0 saturated carbocycles. The van der Waals surface area contributed by atoms with Crippen molar-refractivity contribution in [3.05, 3.63) is 59.7 Å². The maximum atomic E-state index is 11.8. The van der Waals surface area contributed by atoms with Gasteiger partial charge >= 0.3 is 11.9 Å². The molecule has 4 rings (SSSR count). The zero-order valence-electron chi connectivity index (χ0n) is 15.1. The number of alkyl halides is 1. The van der Waals surface area contributed by atoms with Crippen molar-refractivity contribution in [2.24, 2.45) is 0 Å². The highest BCUT2D eigenvalue weighted by molar-refractivity contribution is 9.09. The van der Waals surface area contributed by atoms with Crippen molar-refractivity contribution in [1.82, 2.24) is 0 Å². The lowest BCUT2D eigenvalue weighted by Gasteiger charge is -2.35. The predicted octanol–water partition coefficient (Wildman–Crippen LogP) is 5.37. The maximum Gasteiger partial charge on any atom is 0.303 e. The van der Waals surface area contributed by atoms with Crippen LogP contribution in [0.3, 0.4) is 0 Å². The Bertz CT molecular complexity index is 1060. The minimum atomic E-state index is -0.625. The third kappa shape index (κ3) is 3.32. The summed E-state index contributed by atoms with van der Waals surface area (Å²) in [5, 5.41) is 4.34. The number of ether oxygens (including phenoxy) is 2. The summed E-state index contributed by atoms with van der Waals surface area (Å²) in [5.74, 6) is -0.778. The Kier molecular flexibility index (Phi) is 4.64. The van der Waals surface area contributed by atoms with Crippen LogP contribution in [0.15, 0.2) is 48.5 Å². The van der Waals surface area contributed by atoms with Crippen LogP contribution in [-0.2, 0) is 19.1 Å². The number of hydrogen-bond acceptors (Lipinski definition) is 4. The summed E-state index contributed by atoms with van der Waals surface area (Å²) >= 11 is 3.71. The highest BCUT2D eigenvalue weighted by atomic mass is 79.9.